The molecule has 0 saturated carbocycles. The second-order valence-corrected chi connectivity index (χ2v) is 5.38. The first-order valence-corrected chi connectivity index (χ1v) is 6.85. The molecule has 3 atom stereocenters. The Bertz CT molecular complexity index is 268. The largest absolute Gasteiger partial charge is 0.365 e. The van der Waals surface area contributed by atoms with Crippen molar-refractivity contribution in [1.82, 2.24) is 4.90 Å². The fourth-order valence-corrected chi connectivity index (χ4v) is 2.92. The molecule has 4 nitrogen and oxygen atoms in total. The van der Waals surface area contributed by atoms with Crippen LogP contribution in [0, 0.1) is 5.92 Å². The van der Waals surface area contributed by atoms with Gasteiger partial charge in [-0.3, -0.25) is 4.79 Å². The molecular formula is C13H24N2O2. The molecule has 1 amide bonds. The second-order valence-electron chi connectivity index (χ2n) is 5.38. The quantitative estimate of drug-likeness (QED) is 0.805. The molecule has 98 valence electrons. The van der Waals surface area contributed by atoms with Gasteiger partial charge in [0.05, 0.1) is 6.10 Å². The first kappa shape index (κ1) is 12.8. The molecule has 0 aromatic carbocycles. The van der Waals surface area contributed by atoms with Gasteiger partial charge in [0, 0.05) is 13.1 Å². The number of nitrogens with two attached hydrogens (primary N) is 1. The molecule has 0 aromatic rings. The molecule has 4 heteroatoms. The molecule has 2 N–H and O–H groups in total. The lowest BCUT2D eigenvalue weighted by Crippen LogP contribution is -2.45. The number of piperidine rings is 1. The van der Waals surface area contributed by atoms with Crippen molar-refractivity contribution >= 4 is 5.91 Å². The van der Waals surface area contributed by atoms with Gasteiger partial charge in [0.2, 0.25) is 0 Å². The topological polar surface area (TPSA) is 55.6 Å². The summed E-state index contributed by atoms with van der Waals surface area (Å²) in [6, 6.07) is 0. The SMILES string of the molecule is CC1CCC(C(=O)N2CCCC(CCN)C2)O1. The van der Waals surface area contributed by atoms with Crippen LogP contribution in [0.25, 0.3) is 0 Å². The molecule has 17 heavy (non-hydrogen) atoms. The third kappa shape index (κ3) is 3.19. The molecule has 0 aliphatic carbocycles. The van der Waals surface area contributed by atoms with Crippen LogP contribution in [0.4, 0.5) is 0 Å². The Morgan fingerprint density at radius 2 is 2.24 bits per heavy atom. The van der Waals surface area contributed by atoms with Crippen molar-refractivity contribution in [2.45, 2.75) is 51.2 Å². The number of amides is 1. The lowest BCUT2D eigenvalue weighted by molar-refractivity contribution is -0.144. The zero-order valence-corrected chi connectivity index (χ0v) is 10.7. The summed E-state index contributed by atoms with van der Waals surface area (Å²) in [6.45, 7) is 4.54. The molecule has 2 fully saturated rings. The number of rotatable bonds is 3. The fraction of sp³-hybridized carbons (Fsp3) is 0.923. The lowest BCUT2D eigenvalue weighted by atomic mass is 9.94. The number of carbonyl (C=O) groups excluding carboxylic acids is 1. The average Bonchev–Trinajstić information content (AvgIpc) is 2.76. The van der Waals surface area contributed by atoms with Crippen LogP contribution in [0.1, 0.15) is 39.0 Å². The molecule has 2 aliphatic heterocycles. The maximum atomic E-state index is 12.3. The van der Waals surface area contributed by atoms with Crippen LogP contribution >= 0.6 is 0 Å². The molecule has 2 heterocycles. The van der Waals surface area contributed by atoms with Gasteiger partial charge < -0.3 is 15.4 Å². The average molecular weight is 240 g/mol. The van der Waals surface area contributed by atoms with E-state index in [1.54, 1.807) is 0 Å². The van der Waals surface area contributed by atoms with Gasteiger partial charge >= 0.3 is 0 Å². The van der Waals surface area contributed by atoms with E-state index in [1.807, 2.05) is 11.8 Å². The third-order valence-electron chi connectivity index (χ3n) is 3.91. The Labute approximate surface area is 103 Å². The van der Waals surface area contributed by atoms with Gasteiger partial charge in [-0.1, -0.05) is 0 Å². The molecule has 0 radical (unpaired) electrons. The Hall–Kier alpha value is -0.610. The van der Waals surface area contributed by atoms with Crippen LogP contribution in [-0.4, -0.2) is 42.6 Å². The van der Waals surface area contributed by atoms with E-state index in [1.165, 1.54) is 6.42 Å². The van der Waals surface area contributed by atoms with E-state index in [-0.39, 0.29) is 18.1 Å². The van der Waals surface area contributed by atoms with Crippen LogP contribution in [0.3, 0.4) is 0 Å². The zero-order valence-electron chi connectivity index (χ0n) is 10.7. The van der Waals surface area contributed by atoms with Gasteiger partial charge in [-0.25, -0.2) is 0 Å². The van der Waals surface area contributed by atoms with Crippen LogP contribution in [-0.2, 0) is 9.53 Å². The lowest BCUT2D eigenvalue weighted by Gasteiger charge is -2.34. The van der Waals surface area contributed by atoms with Crippen molar-refractivity contribution in [3.05, 3.63) is 0 Å². The van der Waals surface area contributed by atoms with Crippen LogP contribution in [0.15, 0.2) is 0 Å². The molecule has 0 spiro atoms. The zero-order chi connectivity index (χ0) is 12.3. The Kier molecular flexibility index (Phi) is 4.40. The number of carbonyl (C=O) groups is 1. The highest BCUT2D eigenvalue weighted by Gasteiger charge is 2.33. The molecule has 2 rings (SSSR count). The Balaban J connectivity index is 1.86. The summed E-state index contributed by atoms with van der Waals surface area (Å²) in [5.41, 5.74) is 5.59. The summed E-state index contributed by atoms with van der Waals surface area (Å²) < 4.78 is 5.66. The normalized spacial score (nSPS) is 34.0. The van der Waals surface area contributed by atoms with Gasteiger partial charge in [-0.15, -0.1) is 0 Å². The first-order valence-electron chi connectivity index (χ1n) is 6.85. The predicted molar refractivity (Wildman–Crippen MR) is 66.5 cm³/mol. The van der Waals surface area contributed by atoms with Crippen molar-refractivity contribution < 1.29 is 9.53 Å². The minimum Gasteiger partial charge on any atom is -0.365 e. The molecular weight excluding hydrogens is 216 g/mol. The smallest absolute Gasteiger partial charge is 0.251 e. The highest BCUT2D eigenvalue weighted by Crippen LogP contribution is 2.24. The van der Waals surface area contributed by atoms with Crippen molar-refractivity contribution in [3.63, 3.8) is 0 Å². The molecule has 2 saturated heterocycles. The van der Waals surface area contributed by atoms with E-state index in [0.29, 0.717) is 5.92 Å². The van der Waals surface area contributed by atoms with Gasteiger partial charge in [-0.05, 0) is 51.5 Å². The summed E-state index contributed by atoms with van der Waals surface area (Å²) in [5, 5.41) is 0. The van der Waals surface area contributed by atoms with Gasteiger partial charge in [-0.2, -0.15) is 0 Å². The van der Waals surface area contributed by atoms with Crippen LogP contribution in [0.5, 0.6) is 0 Å². The molecule has 3 unspecified atom stereocenters. The summed E-state index contributed by atoms with van der Waals surface area (Å²) in [4.78, 5) is 14.3. The number of hydrogen-bond acceptors (Lipinski definition) is 3. The van der Waals surface area contributed by atoms with Gasteiger partial charge in [0.1, 0.15) is 6.10 Å². The summed E-state index contributed by atoms with van der Waals surface area (Å²) in [5.74, 6) is 0.799. The van der Waals surface area contributed by atoms with E-state index >= 15 is 0 Å². The predicted octanol–water partition coefficient (Wildman–Crippen LogP) is 1.14. The minimum absolute atomic E-state index is 0.179. The maximum absolute atomic E-state index is 12.3. The van der Waals surface area contributed by atoms with Gasteiger partial charge in [0.15, 0.2) is 0 Å². The summed E-state index contributed by atoms with van der Waals surface area (Å²) >= 11 is 0. The van der Waals surface area contributed by atoms with E-state index in [9.17, 15) is 4.79 Å². The fourth-order valence-electron chi connectivity index (χ4n) is 2.92. The maximum Gasteiger partial charge on any atom is 0.251 e. The number of nitrogens with zero attached hydrogens (tertiary/aromatic N) is 1. The molecule has 2 aliphatic rings. The van der Waals surface area contributed by atoms with Crippen molar-refractivity contribution in [1.29, 1.82) is 0 Å². The monoisotopic (exact) mass is 240 g/mol. The van der Waals surface area contributed by atoms with E-state index < -0.39 is 0 Å². The van der Waals surface area contributed by atoms with E-state index in [4.69, 9.17) is 10.5 Å². The van der Waals surface area contributed by atoms with Crippen molar-refractivity contribution in [3.8, 4) is 0 Å². The van der Waals surface area contributed by atoms with Crippen LogP contribution < -0.4 is 5.73 Å². The Morgan fingerprint density at radius 1 is 1.41 bits per heavy atom. The number of likely N-dealkylation sites (tertiary alicyclic amines) is 1. The summed E-state index contributed by atoms with van der Waals surface area (Å²) in [6.07, 6.45) is 5.32. The highest BCUT2D eigenvalue weighted by molar-refractivity contribution is 5.81. The van der Waals surface area contributed by atoms with Crippen LogP contribution in [0.2, 0.25) is 0 Å². The van der Waals surface area contributed by atoms with Gasteiger partial charge in [0.25, 0.3) is 5.91 Å². The summed E-state index contributed by atoms with van der Waals surface area (Å²) in [7, 11) is 0. The van der Waals surface area contributed by atoms with E-state index in [0.717, 1.165) is 45.3 Å². The molecule has 0 aromatic heterocycles. The number of hydrogen-bond donors (Lipinski definition) is 1. The molecule has 0 bridgehead atoms. The first-order chi connectivity index (χ1) is 8.20. The Morgan fingerprint density at radius 3 is 2.88 bits per heavy atom. The standard InChI is InChI=1S/C13H24N2O2/c1-10-4-5-12(17-10)13(16)15-8-2-3-11(9-15)6-7-14/h10-12H,2-9,14H2,1H3. The second kappa shape index (κ2) is 5.83. The minimum atomic E-state index is -0.179. The number of ether oxygens (including phenoxy) is 1. The van der Waals surface area contributed by atoms with Crippen molar-refractivity contribution in [2.24, 2.45) is 11.7 Å². The highest BCUT2D eigenvalue weighted by atomic mass is 16.5. The third-order valence-corrected chi connectivity index (χ3v) is 3.91. The van der Waals surface area contributed by atoms with Crippen molar-refractivity contribution in [2.75, 3.05) is 19.6 Å². The van der Waals surface area contributed by atoms with E-state index in [2.05, 4.69) is 0 Å².